The predicted molar refractivity (Wildman–Crippen MR) is 64.2 cm³/mol. The normalized spacial score (nSPS) is 24.4. The van der Waals surface area contributed by atoms with Crippen LogP contribution in [0.1, 0.15) is 12.8 Å². The van der Waals surface area contributed by atoms with Crippen molar-refractivity contribution in [3.8, 4) is 0 Å². The molecule has 1 rings (SSSR count). The fourth-order valence-corrected chi connectivity index (χ4v) is 1.69. The van der Waals surface area contributed by atoms with Gasteiger partial charge in [-0.3, -0.25) is 4.79 Å². The van der Waals surface area contributed by atoms with Gasteiger partial charge in [-0.15, -0.1) is 0 Å². The number of hydrogen-bond donors (Lipinski definition) is 5. The summed E-state index contributed by atoms with van der Waals surface area (Å²) in [5, 5.41) is 30.8. The lowest BCUT2D eigenvalue weighted by Crippen LogP contribution is -2.50. The maximum atomic E-state index is 11.5. The first-order valence-corrected chi connectivity index (χ1v) is 6.08. The summed E-state index contributed by atoms with van der Waals surface area (Å²) in [6.07, 6.45) is -4.27. The molecule has 5 atom stereocenters. The number of carbonyl (C=O) groups excluding carboxylic acids is 3. The molecule has 0 aromatic carbocycles. The van der Waals surface area contributed by atoms with Gasteiger partial charge >= 0.3 is 5.97 Å². The summed E-state index contributed by atoms with van der Waals surface area (Å²) in [5.41, 5.74) is 5.18. The Hall–Kier alpha value is -1.55. The van der Waals surface area contributed by atoms with E-state index in [2.05, 4.69) is 5.32 Å². The van der Waals surface area contributed by atoms with Crippen LogP contribution in [0.5, 0.6) is 0 Å². The molecule has 0 bridgehead atoms. The second-order valence-electron chi connectivity index (χ2n) is 4.55. The van der Waals surface area contributed by atoms with Gasteiger partial charge in [0.05, 0.1) is 6.04 Å². The van der Waals surface area contributed by atoms with Crippen LogP contribution in [0.25, 0.3) is 0 Å². The minimum atomic E-state index is -1.74. The second kappa shape index (κ2) is 7.29. The zero-order valence-corrected chi connectivity index (χ0v) is 10.6. The molecule has 1 unspecified atom stereocenters. The molecular formula is C11H18N2O7. The van der Waals surface area contributed by atoms with Crippen LogP contribution in [0.4, 0.5) is 0 Å². The Morgan fingerprint density at radius 3 is 2.60 bits per heavy atom. The molecule has 1 amide bonds. The molecule has 0 saturated carbocycles. The molecule has 20 heavy (non-hydrogen) atoms. The van der Waals surface area contributed by atoms with E-state index in [1.165, 1.54) is 0 Å². The molecule has 0 radical (unpaired) electrons. The van der Waals surface area contributed by atoms with Crippen molar-refractivity contribution in [2.75, 3.05) is 6.61 Å². The van der Waals surface area contributed by atoms with Crippen LogP contribution in [-0.2, 0) is 19.1 Å². The van der Waals surface area contributed by atoms with Crippen LogP contribution in [0.3, 0.4) is 0 Å². The van der Waals surface area contributed by atoms with Crippen molar-refractivity contribution < 1.29 is 34.4 Å². The van der Waals surface area contributed by atoms with Crippen molar-refractivity contribution in [1.29, 1.82) is 0 Å². The van der Waals surface area contributed by atoms with Gasteiger partial charge in [0.1, 0.15) is 37.2 Å². The molecule has 0 aromatic heterocycles. The number of rotatable bonds is 7. The Balaban J connectivity index is 2.38. The van der Waals surface area contributed by atoms with Crippen LogP contribution in [0.15, 0.2) is 0 Å². The Bertz CT molecular complexity index is 376. The summed E-state index contributed by atoms with van der Waals surface area (Å²) < 4.78 is 4.72. The summed E-state index contributed by atoms with van der Waals surface area (Å²) in [7, 11) is 0. The lowest BCUT2D eigenvalue weighted by molar-refractivity contribution is -0.154. The van der Waals surface area contributed by atoms with Gasteiger partial charge in [-0.05, 0) is 6.42 Å². The monoisotopic (exact) mass is 290 g/mol. The van der Waals surface area contributed by atoms with Gasteiger partial charge < -0.3 is 35.9 Å². The number of nitrogens with one attached hydrogen (secondary N) is 1. The predicted octanol–water partition coefficient (Wildman–Crippen LogP) is -3.58. The molecule has 1 aliphatic rings. The molecule has 0 aliphatic carbocycles. The summed E-state index contributed by atoms with van der Waals surface area (Å²) in [5.74, 6) is -1.00. The molecular weight excluding hydrogens is 272 g/mol. The van der Waals surface area contributed by atoms with E-state index >= 15 is 0 Å². The highest BCUT2D eigenvalue weighted by Gasteiger charge is 2.32. The number of ether oxygens (including phenoxy) is 1. The van der Waals surface area contributed by atoms with Gasteiger partial charge in [0.15, 0.2) is 0 Å². The first-order chi connectivity index (χ1) is 9.36. The van der Waals surface area contributed by atoms with Crippen LogP contribution in [-0.4, -0.2) is 70.5 Å². The maximum Gasteiger partial charge on any atom is 0.328 e. The molecule has 9 nitrogen and oxygen atoms in total. The zero-order chi connectivity index (χ0) is 15.3. The highest BCUT2D eigenvalue weighted by molar-refractivity contribution is 5.88. The molecule has 9 heteroatoms. The number of amides is 1. The van der Waals surface area contributed by atoms with E-state index < -0.39 is 43.0 Å². The molecule has 1 heterocycles. The summed E-state index contributed by atoms with van der Waals surface area (Å²) in [6, 6.07) is -2.13. The van der Waals surface area contributed by atoms with Gasteiger partial charge in [0, 0.05) is 6.42 Å². The third-order valence-corrected chi connectivity index (χ3v) is 2.97. The molecule has 6 N–H and O–H groups in total. The Morgan fingerprint density at radius 2 is 2.10 bits per heavy atom. The summed E-state index contributed by atoms with van der Waals surface area (Å²) >= 11 is 0. The Kier molecular flexibility index (Phi) is 6.02. The Labute approximate surface area is 114 Å². The number of esters is 1. The third kappa shape index (κ3) is 4.23. The van der Waals surface area contributed by atoms with Crippen molar-refractivity contribution in [3.63, 3.8) is 0 Å². The first-order valence-electron chi connectivity index (χ1n) is 6.08. The average molecular weight is 290 g/mol. The van der Waals surface area contributed by atoms with E-state index in [-0.39, 0.29) is 18.6 Å². The SMILES string of the molecule is N[C@@H](C=O)[C@@H](O)[C@H](O)[C@H](O)COC(=O)C1CCC(=O)N1. The lowest BCUT2D eigenvalue weighted by Gasteiger charge is -2.24. The van der Waals surface area contributed by atoms with Crippen LogP contribution in [0, 0.1) is 0 Å². The van der Waals surface area contributed by atoms with Gasteiger partial charge in [-0.1, -0.05) is 0 Å². The van der Waals surface area contributed by atoms with Crippen molar-refractivity contribution in [2.45, 2.75) is 43.2 Å². The van der Waals surface area contributed by atoms with Crippen molar-refractivity contribution in [2.24, 2.45) is 5.73 Å². The first kappa shape index (κ1) is 16.5. The summed E-state index contributed by atoms with van der Waals surface area (Å²) in [6.45, 7) is -0.588. The number of nitrogens with two attached hydrogens (primary N) is 1. The van der Waals surface area contributed by atoms with Gasteiger partial charge in [-0.2, -0.15) is 0 Å². The van der Waals surface area contributed by atoms with Crippen molar-refractivity contribution >= 4 is 18.2 Å². The minimum absolute atomic E-state index is 0.220. The van der Waals surface area contributed by atoms with E-state index in [4.69, 9.17) is 10.5 Å². The number of aldehydes is 1. The number of carbonyl (C=O) groups is 3. The second-order valence-corrected chi connectivity index (χ2v) is 4.55. The fourth-order valence-electron chi connectivity index (χ4n) is 1.69. The van der Waals surface area contributed by atoms with Gasteiger partial charge in [-0.25, -0.2) is 4.79 Å². The van der Waals surface area contributed by atoms with Gasteiger partial charge in [0.25, 0.3) is 0 Å². The minimum Gasteiger partial charge on any atom is -0.461 e. The highest BCUT2D eigenvalue weighted by atomic mass is 16.5. The summed E-state index contributed by atoms with van der Waals surface area (Å²) in [4.78, 5) is 32.8. The number of hydrogen-bond acceptors (Lipinski definition) is 8. The molecule has 0 spiro atoms. The smallest absolute Gasteiger partial charge is 0.328 e. The zero-order valence-electron chi connectivity index (χ0n) is 10.6. The standard InChI is InChI=1S/C11H18N2O7/c12-5(3-14)9(17)10(18)7(15)4-20-11(19)6-1-2-8(16)13-6/h3,5-7,9-10,15,17-18H,1-2,4,12H2,(H,13,16)/t5-,6?,7+,9+,10+/m0/s1. The van der Waals surface area contributed by atoms with E-state index in [1.807, 2.05) is 0 Å². The van der Waals surface area contributed by atoms with E-state index in [9.17, 15) is 29.7 Å². The van der Waals surface area contributed by atoms with Crippen molar-refractivity contribution in [1.82, 2.24) is 5.32 Å². The number of aliphatic hydroxyl groups is 3. The third-order valence-electron chi connectivity index (χ3n) is 2.97. The van der Waals surface area contributed by atoms with Gasteiger partial charge in [0.2, 0.25) is 5.91 Å². The van der Waals surface area contributed by atoms with Crippen LogP contribution in [0.2, 0.25) is 0 Å². The van der Waals surface area contributed by atoms with Crippen LogP contribution < -0.4 is 11.1 Å². The topological polar surface area (TPSA) is 159 Å². The maximum absolute atomic E-state index is 11.5. The lowest BCUT2D eigenvalue weighted by atomic mass is 10.0. The average Bonchev–Trinajstić information content (AvgIpc) is 2.88. The van der Waals surface area contributed by atoms with E-state index in [0.717, 1.165) is 0 Å². The van der Waals surface area contributed by atoms with E-state index in [1.54, 1.807) is 0 Å². The molecule has 0 aromatic rings. The Morgan fingerprint density at radius 1 is 1.45 bits per heavy atom. The fraction of sp³-hybridized carbons (Fsp3) is 0.727. The van der Waals surface area contributed by atoms with Crippen molar-refractivity contribution in [3.05, 3.63) is 0 Å². The molecule has 1 aliphatic heterocycles. The van der Waals surface area contributed by atoms with E-state index in [0.29, 0.717) is 6.42 Å². The molecule has 114 valence electrons. The highest BCUT2D eigenvalue weighted by Crippen LogP contribution is 2.09. The quantitative estimate of drug-likeness (QED) is 0.238. The number of aliphatic hydroxyl groups excluding tert-OH is 3. The molecule has 1 fully saturated rings. The van der Waals surface area contributed by atoms with Crippen LogP contribution >= 0.6 is 0 Å². The molecule has 1 saturated heterocycles. The largest absolute Gasteiger partial charge is 0.461 e.